The van der Waals surface area contributed by atoms with E-state index in [2.05, 4.69) is 5.32 Å². The van der Waals surface area contributed by atoms with Crippen molar-refractivity contribution in [2.24, 2.45) is 11.7 Å². The highest BCUT2D eigenvalue weighted by molar-refractivity contribution is 7.86. The van der Waals surface area contributed by atoms with Crippen LogP contribution in [0.3, 0.4) is 0 Å². The summed E-state index contributed by atoms with van der Waals surface area (Å²) < 4.78 is 61.5. The molecule has 0 radical (unpaired) electrons. The smallest absolute Gasteiger partial charge is 0.264 e. The number of carbonyl (C=O) groups is 1. The van der Waals surface area contributed by atoms with Gasteiger partial charge in [-0.3, -0.25) is 13.9 Å². The monoisotopic (exact) mass is 465 g/mol. The Kier molecular flexibility index (Phi) is 10.2. The number of anilines is 2. The van der Waals surface area contributed by atoms with Crippen LogP contribution in [-0.4, -0.2) is 62.5 Å². The van der Waals surface area contributed by atoms with Crippen LogP contribution in [-0.2, 0) is 25.0 Å². The number of hydrogen-bond donors (Lipinski definition) is 4. The van der Waals surface area contributed by atoms with Gasteiger partial charge in [-0.25, -0.2) is 0 Å². The molecule has 0 unspecified atom stereocenters. The maximum Gasteiger partial charge on any atom is 0.264 e. The molecule has 5 N–H and O–H groups in total. The van der Waals surface area contributed by atoms with Crippen molar-refractivity contribution in [2.75, 3.05) is 34.8 Å². The Morgan fingerprint density at radius 1 is 1.00 bits per heavy atom. The number of carbonyl (C=O) groups excluding carboxylic acids is 1. The van der Waals surface area contributed by atoms with Gasteiger partial charge in [0.1, 0.15) is 0 Å². The minimum atomic E-state index is -4.10. The predicted molar refractivity (Wildman–Crippen MR) is 117 cm³/mol. The number of nitrogens with two attached hydrogens (primary N) is 1. The third-order valence-electron chi connectivity index (χ3n) is 4.22. The number of benzene rings is 1. The second-order valence-corrected chi connectivity index (χ2v) is 10.7. The molecule has 0 spiro atoms. The molecule has 30 heavy (non-hydrogen) atoms. The van der Waals surface area contributed by atoms with Gasteiger partial charge >= 0.3 is 0 Å². The number of nitrogens with one attached hydrogen (secondary N) is 1. The first-order valence-electron chi connectivity index (χ1n) is 9.58. The molecule has 0 aliphatic carbocycles. The first kappa shape index (κ1) is 26.3. The second kappa shape index (κ2) is 11.6. The molecule has 1 rings (SSSR count). The van der Waals surface area contributed by atoms with Crippen molar-refractivity contribution in [3.8, 4) is 0 Å². The van der Waals surface area contributed by atoms with Crippen LogP contribution in [0.25, 0.3) is 0 Å². The Morgan fingerprint density at radius 2 is 1.47 bits per heavy atom. The van der Waals surface area contributed by atoms with Gasteiger partial charge in [0.2, 0.25) is 5.91 Å². The van der Waals surface area contributed by atoms with Gasteiger partial charge in [-0.05, 0) is 49.4 Å². The molecule has 0 heterocycles. The Morgan fingerprint density at radius 3 is 1.87 bits per heavy atom. The topological polar surface area (TPSA) is 167 Å². The molecule has 10 nitrogen and oxygen atoms in total. The molecule has 172 valence electrons. The van der Waals surface area contributed by atoms with Gasteiger partial charge in [-0.1, -0.05) is 13.8 Å². The van der Waals surface area contributed by atoms with Crippen LogP contribution in [0.2, 0.25) is 0 Å². The van der Waals surface area contributed by atoms with Crippen LogP contribution in [0.1, 0.15) is 33.1 Å². The predicted octanol–water partition coefficient (Wildman–Crippen LogP) is 1.36. The van der Waals surface area contributed by atoms with E-state index in [0.717, 1.165) is 0 Å². The molecule has 1 amide bonds. The standard InChI is InChI=1S/C18H31N3O7S2/c1-14(2)13-17(19)18(22)20-15-5-7-16(8-6-15)21(9-3-11-29(23,24)25)10-4-12-30(26,27)28/h5-8,14,17H,3-4,9-13,19H2,1-2H3,(H,20,22)(H,23,24,25)(H,26,27,28)/t17-/m0/s1. The molecule has 1 aromatic rings. The zero-order valence-corrected chi connectivity index (χ0v) is 18.8. The van der Waals surface area contributed by atoms with Crippen molar-refractivity contribution in [1.29, 1.82) is 0 Å². The minimum Gasteiger partial charge on any atom is -0.371 e. The quantitative estimate of drug-likeness (QED) is 0.314. The van der Waals surface area contributed by atoms with Crippen LogP contribution in [0.5, 0.6) is 0 Å². The van der Waals surface area contributed by atoms with Gasteiger partial charge in [0.15, 0.2) is 0 Å². The maximum atomic E-state index is 12.1. The lowest BCUT2D eigenvalue weighted by Crippen LogP contribution is -2.36. The summed E-state index contributed by atoms with van der Waals surface area (Å²) in [6.45, 7) is 4.44. The fraction of sp³-hybridized carbons (Fsp3) is 0.611. The number of nitrogens with zero attached hydrogens (tertiary/aromatic N) is 1. The van der Waals surface area contributed by atoms with E-state index in [1.165, 1.54) is 0 Å². The normalized spacial score (nSPS) is 13.3. The van der Waals surface area contributed by atoms with Crippen LogP contribution in [0, 0.1) is 5.92 Å². The third-order valence-corrected chi connectivity index (χ3v) is 5.83. The van der Waals surface area contributed by atoms with Crippen molar-refractivity contribution in [1.82, 2.24) is 0 Å². The first-order valence-corrected chi connectivity index (χ1v) is 12.8. The zero-order valence-electron chi connectivity index (χ0n) is 17.2. The molecule has 0 aromatic heterocycles. The van der Waals surface area contributed by atoms with E-state index in [0.29, 0.717) is 17.8 Å². The fourth-order valence-corrected chi connectivity index (χ4v) is 3.84. The van der Waals surface area contributed by atoms with Crippen LogP contribution in [0.4, 0.5) is 11.4 Å². The Hall–Kier alpha value is -1.73. The lowest BCUT2D eigenvalue weighted by molar-refractivity contribution is -0.117. The lowest BCUT2D eigenvalue weighted by Gasteiger charge is -2.25. The average molecular weight is 466 g/mol. The van der Waals surface area contributed by atoms with Gasteiger partial charge in [-0.2, -0.15) is 16.8 Å². The first-order chi connectivity index (χ1) is 13.8. The fourth-order valence-electron chi connectivity index (χ4n) is 2.85. The van der Waals surface area contributed by atoms with Crippen molar-refractivity contribution in [2.45, 2.75) is 39.2 Å². The summed E-state index contributed by atoms with van der Waals surface area (Å²) in [4.78, 5) is 13.9. The molecule has 12 heteroatoms. The van der Waals surface area contributed by atoms with E-state index >= 15 is 0 Å². The largest absolute Gasteiger partial charge is 0.371 e. The van der Waals surface area contributed by atoms with E-state index in [1.54, 1.807) is 29.2 Å². The molecule has 0 aliphatic heterocycles. The van der Waals surface area contributed by atoms with Crippen molar-refractivity contribution in [3.05, 3.63) is 24.3 Å². The molecule has 0 bridgehead atoms. The minimum absolute atomic E-state index is 0.132. The van der Waals surface area contributed by atoms with Gasteiger partial charge in [0.05, 0.1) is 17.5 Å². The molecular formula is C18H31N3O7S2. The van der Waals surface area contributed by atoms with E-state index in [-0.39, 0.29) is 37.8 Å². The lowest BCUT2D eigenvalue weighted by atomic mass is 10.0. The number of hydrogen-bond acceptors (Lipinski definition) is 7. The Bertz CT molecular complexity index is 847. The maximum absolute atomic E-state index is 12.1. The number of amides is 1. The van der Waals surface area contributed by atoms with E-state index in [1.807, 2.05) is 13.8 Å². The molecule has 0 saturated heterocycles. The highest BCUT2D eigenvalue weighted by Gasteiger charge is 2.16. The van der Waals surface area contributed by atoms with Gasteiger partial charge in [0, 0.05) is 24.5 Å². The van der Waals surface area contributed by atoms with Gasteiger partial charge in [0.25, 0.3) is 20.2 Å². The highest BCUT2D eigenvalue weighted by atomic mass is 32.2. The van der Waals surface area contributed by atoms with E-state index in [9.17, 15) is 21.6 Å². The molecule has 0 saturated carbocycles. The van der Waals surface area contributed by atoms with Gasteiger partial charge in [-0.15, -0.1) is 0 Å². The van der Waals surface area contributed by atoms with Crippen molar-refractivity contribution in [3.63, 3.8) is 0 Å². The van der Waals surface area contributed by atoms with Crippen molar-refractivity contribution < 1.29 is 30.7 Å². The second-order valence-electron chi connectivity index (χ2n) is 7.54. The highest BCUT2D eigenvalue weighted by Crippen LogP contribution is 2.19. The number of rotatable bonds is 13. The molecule has 0 aliphatic rings. The summed E-state index contributed by atoms with van der Waals surface area (Å²) in [6.07, 6.45) is 0.819. The molecular weight excluding hydrogens is 434 g/mol. The van der Waals surface area contributed by atoms with E-state index in [4.69, 9.17) is 14.8 Å². The zero-order chi connectivity index (χ0) is 22.9. The molecule has 1 aromatic carbocycles. The van der Waals surface area contributed by atoms with Crippen LogP contribution >= 0.6 is 0 Å². The van der Waals surface area contributed by atoms with Crippen LogP contribution in [0.15, 0.2) is 24.3 Å². The summed E-state index contributed by atoms with van der Waals surface area (Å²) in [5.74, 6) is -0.866. The summed E-state index contributed by atoms with van der Waals surface area (Å²) in [7, 11) is -8.21. The summed E-state index contributed by atoms with van der Waals surface area (Å²) >= 11 is 0. The molecule has 1 atom stereocenters. The summed E-state index contributed by atoms with van der Waals surface area (Å²) in [5.41, 5.74) is 7.08. The average Bonchev–Trinajstić information content (AvgIpc) is 2.58. The Balaban J connectivity index is 2.81. The van der Waals surface area contributed by atoms with Gasteiger partial charge < -0.3 is 16.0 Å². The van der Waals surface area contributed by atoms with Crippen LogP contribution < -0.4 is 16.0 Å². The summed E-state index contributed by atoms with van der Waals surface area (Å²) in [5, 5.41) is 2.73. The Labute approximate surface area is 178 Å². The summed E-state index contributed by atoms with van der Waals surface area (Å²) in [6, 6.07) is 6.10. The SMILES string of the molecule is CC(C)C[C@H](N)C(=O)Nc1ccc(N(CCCS(=O)(=O)O)CCCS(=O)(=O)O)cc1. The van der Waals surface area contributed by atoms with Crippen molar-refractivity contribution >= 4 is 37.5 Å². The molecule has 0 fully saturated rings. The third kappa shape index (κ3) is 11.5. The van der Waals surface area contributed by atoms with E-state index < -0.39 is 37.8 Å².